The molecule has 0 spiro atoms. The van der Waals surface area contributed by atoms with Crippen molar-refractivity contribution in [3.05, 3.63) is 24.3 Å². The van der Waals surface area contributed by atoms with Gasteiger partial charge in [-0.1, -0.05) is 46.6 Å². The summed E-state index contributed by atoms with van der Waals surface area (Å²) in [6.45, 7) is 9.84. The first-order valence-corrected chi connectivity index (χ1v) is 8.54. The number of rotatable bonds is 6. The fourth-order valence-corrected chi connectivity index (χ4v) is 3.14. The van der Waals surface area contributed by atoms with Crippen molar-refractivity contribution < 1.29 is 4.74 Å². The topological polar surface area (TPSA) is 21.3 Å². The quantitative estimate of drug-likeness (QED) is 0.762. The Bertz CT molecular complexity index is 427. The van der Waals surface area contributed by atoms with Gasteiger partial charge in [0.1, 0.15) is 5.75 Å². The zero-order chi connectivity index (χ0) is 15.2. The van der Waals surface area contributed by atoms with Gasteiger partial charge < -0.3 is 10.1 Å². The molecule has 2 unspecified atom stereocenters. The third kappa shape index (κ3) is 5.26. The Morgan fingerprint density at radius 3 is 2.71 bits per heavy atom. The van der Waals surface area contributed by atoms with Crippen LogP contribution in [0.25, 0.3) is 0 Å². The molecular weight excluding hydrogens is 258 g/mol. The normalized spacial score (nSPS) is 22.6. The first-order chi connectivity index (χ1) is 10.0. The van der Waals surface area contributed by atoms with E-state index >= 15 is 0 Å². The molecule has 2 rings (SSSR count). The number of anilines is 1. The van der Waals surface area contributed by atoms with Gasteiger partial charge in [0.15, 0.2) is 0 Å². The smallest absolute Gasteiger partial charge is 0.121 e. The van der Waals surface area contributed by atoms with Crippen molar-refractivity contribution in [3.8, 4) is 5.75 Å². The standard InChI is InChI=1S/C19H31NO/c1-14(2)13-21-19-10-6-9-18(12-19)20-17-8-5-7-16(11-17)15(3)4/h6,9-10,12,14-17,20H,5,7-8,11,13H2,1-4H3. The Labute approximate surface area is 130 Å². The van der Waals surface area contributed by atoms with Gasteiger partial charge in [-0.15, -0.1) is 0 Å². The molecule has 1 aliphatic rings. The van der Waals surface area contributed by atoms with Crippen LogP contribution < -0.4 is 10.1 Å². The molecule has 0 radical (unpaired) electrons. The van der Waals surface area contributed by atoms with E-state index in [-0.39, 0.29) is 0 Å². The summed E-state index contributed by atoms with van der Waals surface area (Å²) in [4.78, 5) is 0. The van der Waals surface area contributed by atoms with E-state index in [1.165, 1.54) is 31.4 Å². The van der Waals surface area contributed by atoms with Crippen LogP contribution in [-0.4, -0.2) is 12.6 Å². The molecule has 1 saturated carbocycles. The first kappa shape index (κ1) is 16.2. The molecule has 0 aliphatic heterocycles. The molecule has 0 amide bonds. The molecule has 1 fully saturated rings. The van der Waals surface area contributed by atoms with Crippen molar-refractivity contribution in [3.63, 3.8) is 0 Å². The molecule has 0 aromatic heterocycles. The van der Waals surface area contributed by atoms with E-state index in [1.54, 1.807) is 0 Å². The molecule has 21 heavy (non-hydrogen) atoms. The van der Waals surface area contributed by atoms with E-state index in [0.717, 1.165) is 24.2 Å². The maximum absolute atomic E-state index is 5.82. The molecule has 0 bridgehead atoms. The van der Waals surface area contributed by atoms with E-state index in [0.29, 0.717) is 12.0 Å². The maximum Gasteiger partial charge on any atom is 0.121 e. The predicted octanol–water partition coefficient (Wildman–Crippen LogP) is 5.35. The molecule has 0 heterocycles. The monoisotopic (exact) mass is 289 g/mol. The van der Waals surface area contributed by atoms with Crippen LogP contribution in [0.4, 0.5) is 5.69 Å². The summed E-state index contributed by atoms with van der Waals surface area (Å²) in [5.74, 6) is 3.21. The lowest BCUT2D eigenvalue weighted by Crippen LogP contribution is -2.29. The highest BCUT2D eigenvalue weighted by Gasteiger charge is 2.23. The second kappa shape index (κ2) is 7.72. The maximum atomic E-state index is 5.82. The van der Waals surface area contributed by atoms with Crippen molar-refractivity contribution in [1.82, 2.24) is 0 Å². The molecule has 118 valence electrons. The van der Waals surface area contributed by atoms with Gasteiger partial charge in [0, 0.05) is 17.8 Å². The predicted molar refractivity (Wildman–Crippen MR) is 91.0 cm³/mol. The molecule has 1 aromatic rings. The van der Waals surface area contributed by atoms with Crippen molar-refractivity contribution in [1.29, 1.82) is 0 Å². The molecule has 1 aromatic carbocycles. The van der Waals surface area contributed by atoms with E-state index in [2.05, 4.69) is 51.2 Å². The fraction of sp³-hybridized carbons (Fsp3) is 0.684. The van der Waals surface area contributed by atoms with Crippen LogP contribution >= 0.6 is 0 Å². The van der Waals surface area contributed by atoms with Gasteiger partial charge in [0.2, 0.25) is 0 Å². The van der Waals surface area contributed by atoms with Crippen molar-refractivity contribution in [2.75, 3.05) is 11.9 Å². The Kier molecular flexibility index (Phi) is 5.96. The minimum absolute atomic E-state index is 0.562. The van der Waals surface area contributed by atoms with Gasteiger partial charge >= 0.3 is 0 Å². The average Bonchev–Trinajstić information content (AvgIpc) is 2.46. The average molecular weight is 289 g/mol. The number of nitrogens with one attached hydrogen (secondary N) is 1. The van der Waals surface area contributed by atoms with Crippen molar-refractivity contribution in [2.24, 2.45) is 17.8 Å². The van der Waals surface area contributed by atoms with E-state index in [1.807, 2.05) is 6.07 Å². The molecule has 2 atom stereocenters. The Hall–Kier alpha value is -1.18. The van der Waals surface area contributed by atoms with Crippen molar-refractivity contribution in [2.45, 2.75) is 59.4 Å². The first-order valence-electron chi connectivity index (χ1n) is 8.54. The van der Waals surface area contributed by atoms with Crippen LogP contribution in [0.5, 0.6) is 5.75 Å². The zero-order valence-corrected chi connectivity index (χ0v) is 14.1. The fourth-order valence-electron chi connectivity index (χ4n) is 3.14. The van der Waals surface area contributed by atoms with Crippen LogP contribution in [-0.2, 0) is 0 Å². The van der Waals surface area contributed by atoms with Crippen LogP contribution in [0.3, 0.4) is 0 Å². The number of hydrogen-bond donors (Lipinski definition) is 1. The van der Waals surface area contributed by atoms with Gasteiger partial charge in [-0.3, -0.25) is 0 Å². The lowest BCUT2D eigenvalue weighted by atomic mass is 9.79. The largest absolute Gasteiger partial charge is 0.493 e. The third-order valence-corrected chi connectivity index (χ3v) is 4.45. The molecule has 2 nitrogen and oxygen atoms in total. The van der Waals surface area contributed by atoms with Crippen molar-refractivity contribution >= 4 is 5.69 Å². The summed E-state index contributed by atoms with van der Waals surface area (Å²) in [5, 5.41) is 3.71. The number of hydrogen-bond acceptors (Lipinski definition) is 2. The minimum atomic E-state index is 0.562. The summed E-state index contributed by atoms with van der Waals surface area (Å²) >= 11 is 0. The SMILES string of the molecule is CC(C)COc1cccc(NC2CCCC(C(C)C)C2)c1. The van der Waals surface area contributed by atoms with Gasteiger partial charge in [-0.05, 0) is 42.7 Å². The number of benzene rings is 1. The second-order valence-electron chi connectivity index (χ2n) is 7.24. The van der Waals surface area contributed by atoms with Crippen LogP contribution in [0.2, 0.25) is 0 Å². The van der Waals surface area contributed by atoms with E-state index in [4.69, 9.17) is 4.74 Å². The summed E-state index contributed by atoms with van der Waals surface area (Å²) in [6.07, 6.45) is 5.34. The Morgan fingerprint density at radius 2 is 2.00 bits per heavy atom. The lowest BCUT2D eigenvalue weighted by Gasteiger charge is -2.32. The highest BCUT2D eigenvalue weighted by Crippen LogP contribution is 2.32. The van der Waals surface area contributed by atoms with Crippen LogP contribution in [0.1, 0.15) is 53.4 Å². The van der Waals surface area contributed by atoms with Crippen LogP contribution in [0, 0.1) is 17.8 Å². The van der Waals surface area contributed by atoms with Gasteiger partial charge in [0.25, 0.3) is 0 Å². The molecule has 2 heteroatoms. The molecule has 1 N–H and O–H groups in total. The summed E-state index contributed by atoms with van der Waals surface area (Å²) in [7, 11) is 0. The second-order valence-corrected chi connectivity index (χ2v) is 7.24. The molecule has 0 saturated heterocycles. The van der Waals surface area contributed by atoms with Gasteiger partial charge in [-0.25, -0.2) is 0 Å². The highest BCUT2D eigenvalue weighted by molar-refractivity contribution is 5.48. The third-order valence-electron chi connectivity index (χ3n) is 4.45. The summed E-state index contributed by atoms with van der Waals surface area (Å²) in [5.41, 5.74) is 1.20. The Morgan fingerprint density at radius 1 is 1.19 bits per heavy atom. The highest BCUT2D eigenvalue weighted by atomic mass is 16.5. The Balaban J connectivity index is 1.91. The van der Waals surface area contributed by atoms with Gasteiger partial charge in [-0.2, -0.15) is 0 Å². The molecular formula is C19H31NO. The van der Waals surface area contributed by atoms with E-state index in [9.17, 15) is 0 Å². The van der Waals surface area contributed by atoms with Gasteiger partial charge in [0.05, 0.1) is 6.61 Å². The summed E-state index contributed by atoms with van der Waals surface area (Å²) < 4.78 is 5.82. The summed E-state index contributed by atoms with van der Waals surface area (Å²) in [6, 6.07) is 9.04. The molecule has 1 aliphatic carbocycles. The number of ether oxygens (including phenoxy) is 1. The van der Waals surface area contributed by atoms with E-state index < -0.39 is 0 Å². The van der Waals surface area contributed by atoms with Crippen LogP contribution in [0.15, 0.2) is 24.3 Å². The lowest BCUT2D eigenvalue weighted by molar-refractivity contribution is 0.263. The minimum Gasteiger partial charge on any atom is -0.493 e. The zero-order valence-electron chi connectivity index (χ0n) is 14.1.